The van der Waals surface area contributed by atoms with E-state index in [0.29, 0.717) is 11.3 Å². The number of carbonyl (C=O) groups excluding carboxylic acids is 4. The fraction of sp³-hybridized carbons (Fsp3) is 0.241. The number of amides is 2. The largest absolute Gasteiger partial charge is 0.349 e. The van der Waals surface area contributed by atoms with Gasteiger partial charge in [-0.05, 0) is 49.6 Å². The summed E-state index contributed by atoms with van der Waals surface area (Å²) in [6.45, 7) is 5.80. The quantitative estimate of drug-likeness (QED) is 0.416. The number of nitrogens with zero attached hydrogens (tertiary/aromatic N) is 1. The number of benzene rings is 3. The van der Waals surface area contributed by atoms with Crippen LogP contribution >= 0.6 is 0 Å². The van der Waals surface area contributed by atoms with Crippen molar-refractivity contribution in [2.45, 2.75) is 32.5 Å². The minimum absolute atomic E-state index is 0.227. The molecule has 0 bridgehead atoms. The molecule has 6 nitrogen and oxygen atoms in total. The van der Waals surface area contributed by atoms with Gasteiger partial charge in [0.2, 0.25) is 29.0 Å². The van der Waals surface area contributed by atoms with Crippen LogP contribution in [0, 0.1) is 32.6 Å². The second-order valence-electron chi connectivity index (χ2n) is 9.67. The average molecular weight is 466 g/mol. The van der Waals surface area contributed by atoms with Crippen LogP contribution in [0.4, 0.5) is 5.69 Å². The first kappa shape index (κ1) is 21.6. The van der Waals surface area contributed by atoms with Gasteiger partial charge in [0.05, 0.1) is 23.6 Å². The van der Waals surface area contributed by atoms with Crippen LogP contribution in [-0.2, 0) is 14.3 Å². The number of hydrogen-bond donors (Lipinski definition) is 0. The fourth-order valence-corrected chi connectivity index (χ4v) is 5.69. The Bertz CT molecular complexity index is 1420. The molecule has 2 aliphatic heterocycles. The molecule has 3 aromatic rings. The molecule has 2 fully saturated rings. The normalized spacial score (nSPS) is 24.4. The molecule has 174 valence electrons. The first-order chi connectivity index (χ1) is 16.8. The standard InChI is InChI=1S/C29H23NO5/c1-15-8-11-18(12-9-15)24-22-23(28(34)30(27(22)33)19-13-10-16(2)17(3)14-19)29(35-24)25(31)20-6-4-5-7-21(20)26(29)32/h4-14,22-24H,1-3H3/t22-,23+,24-/m1/s1. The molecule has 0 aromatic heterocycles. The van der Waals surface area contributed by atoms with E-state index in [0.717, 1.165) is 21.6 Å². The Morgan fingerprint density at radius 2 is 1.37 bits per heavy atom. The van der Waals surface area contributed by atoms with Crippen LogP contribution < -0.4 is 4.90 Å². The molecular weight excluding hydrogens is 442 g/mol. The summed E-state index contributed by atoms with van der Waals surface area (Å²) in [5.41, 5.74) is 2.47. The Morgan fingerprint density at radius 1 is 0.743 bits per heavy atom. The van der Waals surface area contributed by atoms with Gasteiger partial charge < -0.3 is 4.74 Å². The van der Waals surface area contributed by atoms with E-state index >= 15 is 0 Å². The van der Waals surface area contributed by atoms with Crippen LogP contribution in [0.15, 0.2) is 66.7 Å². The van der Waals surface area contributed by atoms with Crippen LogP contribution in [0.5, 0.6) is 0 Å². The van der Waals surface area contributed by atoms with E-state index in [4.69, 9.17) is 4.74 Å². The molecule has 0 radical (unpaired) electrons. The second kappa shape index (κ2) is 7.30. The molecule has 3 atom stereocenters. The molecule has 0 unspecified atom stereocenters. The van der Waals surface area contributed by atoms with Gasteiger partial charge in [0, 0.05) is 11.1 Å². The summed E-state index contributed by atoms with van der Waals surface area (Å²) in [6.07, 6.45) is -0.907. The van der Waals surface area contributed by atoms with Gasteiger partial charge >= 0.3 is 0 Å². The highest BCUT2D eigenvalue weighted by atomic mass is 16.5. The van der Waals surface area contributed by atoms with Gasteiger partial charge in [-0.15, -0.1) is 0 Å². The van der Waals surface area contributed by atoms with Crippen molar-refractivity contribution in [2.24, 2.45) is 11.8 Å². The number of aryl methyl sites for hydroxylation is 3. The molecule has 6 rings (SSSR count). The minimum atomic E-state index is -2.05. The fourth-order valence-electron chi connectivity index (χ4n) is 5.69. The Hall–Kier alpha value is -3.90. The molecule has 3 aromatic carbocycles. The summed E-state index contributed by atoms with van der Waals surface area (Å²) in [5, 5.41) is 0. The Labute approximate surface area is 202 Å². The lowest BCUT2D eigenvalue weighted by molar-refractivity contribution is -0.127. The third kappa shape index (κ3) is 2.74. The number of anilines is 1. The van der Waals surface area contributed by atoms with Crippen molar-refractivity contribution in [3.05, 3.63) is 100 Å². The SMILES string of the molecule is Cc1ccc([C@H]2OC3(C(=O)c4ccccc4C3=O)[C@@H]3C(=O)N(c4ccc(C)c(C)c4)C(=O)[C@@H]23)cc1. The maximum Gasteiger partial charge on any atom is 0.241 e. The zero-order chi connectivity index (χ0) is 24.6. The summed E-state index contributed by atoms with van der Waals surface area (Å²) < 4.78 is 6.31. The highest BCUT2D eigenvalue weighted by Gasteiger charge is 2.74. The van der Waals surface area contributed by atoms with Crippen LogP contribution in [0.1, 0.15) is 49.1 Å². The van der Waals surface area contributed by atoms with Crippen molar-refractivity contribution in [3.8, 4) is 0 Å². The van der Waals surface area contributed by atoms with Crippen molar-refractivity contribution < 1.29 is 23.9 Å². The first-order valence-electron chi connectivity index (χ1n) is 11.6. The van der Waals surface area contributed by atoms with Gasteiger partial charge in [0.1, 0.15) is 0 Å². The average Bonchev–Trinajstić information content (AvgIpc) is 3.41. The lowest BCUT2D eigenvalue weighted by atomic mass is 9.77. The van der Waals surface area contributed by atoms with Gasteiger partial charge in [-0.1, -0.05) is 60.2 Å². The Balaban J connectivity index is 1.54. The van der Waals surface area contributed by atoms with E-state index in [9.17, 15) is 19.2 Å². The predicted molar refractivity (Wildman–Crippen MR) is 128 cm³/mol. The van der Waals surface area contributed by atoms with Gasteiger partial charge in [-0.2, -0.15) is 0 Å². The van der Waals surface area contributed by atoms with Gasteiger partial charge in [0.15, 0.2) is 0 Å². The van der Waals surface area contributed by atoms with E-state index in [-0.39, 0.29) is 11.1 Å². The number of carbonyl (C=O) groups is 4. The summed E-state index contributed by atoms with van der Waals surface area (Å²) in [7, 11) is 0. The van der Waals surface area contributed by atoms with Crippen LogP contribution in [-0.4, -0.2) is 29.0 Å². The van der Waals surface area contributed by atoms with Gasteiger partial charge in [0.25, 0.3) is 0 Å². The van der Waals surface area contributed by atoms with E-state index in [1.54, 1.807) is 36.4 Å². The van der Waals surface area contributed by atoms with Crippen LogP contribution in [0.2, 0.25) is 0 Å². The summed E-state index contributed by atoms with van der Waals surface area (Å²) >= 11 is 0. The summed E-state index contributed by atoms with van der Waals surface area (Å²) in [5.74, 6) is -4.37. The number of Topliss-reactive ketones (excluding diaryl/α,β-unsaturated/α-hetero) is 2. The lowest BCUT2D eigenvalue weighted by Gasteiger charge is -2.27. The van der Waals surface area contributed by atoms with E-state index in [2.05, 4.69) is 0 Å². The monoisotopic (exact) mass is 465 g/mol. The summed E-state index contributed by atoms with van der Waals surface area (Å²) in [4.78, 5) is 56.5. The molecule has 2 heterocycles. The molecule has 6 heteroatoms. The Kier molecular flexibility index (Phi) is 4.51. The zero-order valence-electron chi connectivity index (χ0n) is 19.6. The van der Waals surface area contributed by atoms with Gasteiger partial charge in [-0.25, -0.2) is 4.90 Å². The minimum Gasteiger partial charge on any atom is -0.349 e. The molecular formula is C29H23NO5. The van der Waals surface area contributed by atoms with Gasteiger partial charge in [-0.3, -0.25) is 19.2 Å². The number of ketones is 2. The predicted octanol–water partition coefficient (Wildman–Crippen LogP) is 4.31. The molecule has 35 heavy (non-hydrogen) atoms. The maximum absolute atomic E-state index is 13.9. The van der Waals surface area contributed by atoms with Crippen LogP contribution in [0.3, 0.4) is 0 Å². The smallest absolute Gasteiger partial charge is 0.241 e. The molecule has 0 saturated carbocycles. The molecule has 1 aliphatic carbocycles. The maximum atomic E-state index is 13.9. The Morgan fingerprint density at radius 3 is 1.97 bits per heavy atom. The highest BCUT2D eigenvalue weighted by Crippen LogP contribution is 2.57. The number of fused-ring (bicyclic) bond motifs is 3. The van der Waals surface area contributed by atoms with E-state index < -0.39 is 46.9 Å². The number of imide groups is 1. The number of hydrogen-bond acceptors (Lipinski definition) is 5. The third-order valence-electron chi connectivity index (χ3n) is 7.67. The number of rotatable bonds is 2. The topological polar surface area (TPSA) is 80.8 Å². The second-order valence-corrected chi connectivity index (χ2v) is 9.67. The number of ether oxygens (including phenoxy) is 1. The molecule has 2 saturated heterocycles. The van der Waals surface area contributed by atoms with E-state index in [1.165, 1.54) is 0 Å². The van der Waals surface area contributed by atoms with Crippen molar-refractivity contribution in [3.63, 3.8) is 0 Å². The first-order valence-corrected chi connectivity index (χ1v) is 11.6. The van der Waals surface area contributed by atoms with Crippen molar-refractivity contribution >= 4 is 29.1 Å². The molecule has 0 N–H and O–H groups in total. The highest BCUT2D eigenvalue weighted by molar-refractivity contribution is 6.37. The molecule has 1 spiro atoms. The van der Waals surface area contributed by atoms with Crippen molar-refractivity contribution in [1.29, 1.82) is 0 Å². The molecule has 3 aliphatic rings. The van der Waals surface area contributed by atoms with E-state index in [1.807, 2.05) is 51.1 Å². The zero-order valence-corrected chi connectivity index (χ0v) is 19.6. The molecule has 2 amide bonds. The van der Waals surface area contributed by atoms with Crippen LogP contribution in [0.25, 0.3) is 0 Å². The van der Waals surface area contributed by atoms with Crippen molar-refractivity contribution in [2.75, 3.05) is 4.90 Å². The van der Waals surface area contributed by atoms with Crippen molar-refractivity contribution in [1.82, 2.24) is 0 Å². The summed E-state index contributed by atoms with van der Waals surface area (Å²) in [6, 6.07) is 19.3. The lowest BCUT2D eigenvalue weighted by Crippen LogP contribution is -2.51. The third-order valence-corrected chi connectivity index (χ3v) is 7.67.